The minimum absolute atomic E-state index is 0.0271. The predicted molar refractivity (Wildman–Crippen MR) is 134 cm³/mol. The van der Waals surface area contributed by atoms with Gasteiger partial charge in [0.25, 0.3) is 16.9 Å². The molecule has 3 aromatic carbocycles. The third-order valence-electron chi connectivity index (χ3n) is 4.79. The summed E-state index contributed by atoms with van der Waals surface area (Å²) in [5.74, 6) is 0.171. The van der Waals surface area contributed by atoms with Gasteiger partial charge in [-0.05, 0) is 36.4 Å². The number of hydrogen-bond donors (Lipinski definition) is 3. The van der Waals surface area contributed by atoms with Crippen molar-refractivity contribution in [2.75, 3.05) is 10.6 Å². The van der Waals surface area contributed by atoms with Crippen LogP contribution < -0.4 is 16.2 Å². The predicted octanol–water partition coefficient (Wildman–Crippen LogP) is 6.43. The largest absolute Gasteiger partial charge is 0.348 e. The zero-order chi connectivity index (χ0) is 25.3. The van der Waals surface area contributed by atoms with Gasteiger partial charge in [-0.1, -0.05) is 34.8 Å². The minimum Gasteiger partial charge on any atom is -0.348 e. The van der Waals surface area contributed by atoms with E-state index in [0.29, 0.717) is 11.4 Å². The summed E-state index contributed by atoms with van der Waals surface area (Å²) in [6.45, 7) is 0. The number of nitrogens with one attached hydrogen (secondary N) is 3. The van der Waals surface area contributed by atoms with Crippen molar-refractivity contribution < 1.29 is 9.85 Å². The smallest absolute Gasteiger partial charge is 0.297 e. The van der Waals surface area contributed by atoms with Crippen LogP contribution in [0.1, 0.15) is 0 Å². The van der Waals surface area contributed by atoms with Gasteiger partial charge in [0.05, 0.1) is 19.9 Å². The maximum Gasteiger partial charge on any atom is 0.297 e. The third-order valence-corrected chi connectivity index (χ3v) is 5.59. The van der Waals surface area contributed by atoms with Crippen molar-refractivity contribution in [2.24, 2.45) is 0 Å². The van der Waals surface area contributed by atoms with Crippen molar-refractivity contribution in [2.45, 2.75) is 0 Å². The van der Waals surface area contributed by atoms with Crippen LogP contribution in [0.5, 0.6) is 0 Å². The molecular formula is C21H13Cl3N6O5. The summed E-state index contributed by atoms with van der Waals surface area (Å²) in [7, 11) is 0. The lowest BCUT2D eigenvalue weighted by Gasteiger charge is -2.09. The molecule has 35 heavy (non-hydrogen) atoms. The van der Waals surface area contributed by atoms with Crippen molar-refractivity contribution >= 4 is 69.1 Å². The Kier molecular flexibility index (Phi) is 6.65. The molecule has 178 valence electrons. The molecule has 0 bridgehead atoms. The number of benzene rings is 3. The summed E-state index contributed by atoms with van der Waals surface area (Å²) in [4.78, 5) is 34.2. The van der Waals surface area contributed by atoms with Crippen LogP contribution in [0.25, 0.3) is 5.69 Å². The number of non-ortho nitro benzene ring substituents is 2. The average Bonchev–Trinajstić information content (AvgIpc) is 3.08. The number of aromatic amines is 1. The highest BCUT2D eigenvalue weighted by molar-refractivity contribution is 6.40. The van der Waals surface area contributed by atoms with E-state index in [1.165, 1.54) is 60.7 Å². The molecule has 0 saturated heterocycles. The number of anilines is 4. The van der Waals surface area contributed by atoms with Gasteiger partial charge in [0.1, 0.15) is 11.4 Å². The van der Waals surface area contributed by atoms with Gasteiger partial charge in [0.15, 0.2) is 5.82 Å². The molecule has 0 aliphatic carbocycles. The summed E-state index contributed by atoms with van der Waals surface area (Å²) < 4.78 is 1.10. The van der Waals surface area contributed by atoms with Crippen LogP contribution in [0.2, 0.25) is 15.1 Å². The van der Waals surface area contributed by atoms with Crippen LogP contribution in [0.4, 0.5) is 34.3 Å². The van der Waals surface area contributed by atoms with Gasteiger partial charge < -0.3 is 10.6 Å². The second kappa shape index (κ2) is 9.66. The highest BCUT2D eigenvalue weighted by Gasteiger charge is 2.20. The number of nitro groups is 2. The standard InChI is InChI=1S/C21H13Cl3N6O5/c22-11-9-16(23)19(17(24)10-11)28-21(31)18(25-12-1-5-14(6-2-12)29(32)33)20(27-28)26-13-3-7-15(8-4-13)30(34)35/h1-10,25-27H. The van der Waals surface area contributed by atoms with Gasteiger partial charge in [0.2, 0.25) is 0 Å². The lowest BCUT2D eigenvalue weighted by atomic mass is 10.2. The Bertz CT molecular complexity index is 1480. The van der Waals surface area contributed by atoms with Crippen molar-refractivity contribution in [1.82, 2.24) is 9.78 Å². The Morgan fingerprint density at radius 3 is 1.69 bits per heavy atom. The summed E-state index contributed by atoms with van der Waals surface area (Å²) in [6, 6.07) is 13.8. The second-order valence-electron chi connectivity index (χ2n) is 7.08. The molecule has 0 unspecified atom stereocenters. The lowest BCUT2D eigenvalue weighted by molar-refractivity contribution is -0.385. The Morgan fingerprint density at radius 2 is 1.23 bits per heavy atom. The molecule has 4 rings (SSSR count). The highest BCUT2D eigenvalue weighted by atomic mass is 35.5. The number of aromatic nitrogens is 2. The first-order valence-electron chi connectivity index (χ1n) is 9.67. The molecule has 0 fully saturated rings. The van der Waals surface area contributed by atoms with E-state index < -0.39 is 15.4 Å². The molecule has 4 aromatic rings. The molecule has 0 aliphatic rings. The Balaban J connectivity index is 1.80. The number of nitro benzene ring substituents is 2. The van der Waals surface area contributed by atoms with Crippen molar-refractivity contribution in [3.05, 3.63) is 106 Å². The topological polar surface area (TPSA) is 148 Å². The van der Waals surface area contributed by atoms with Crippen molar-refractivity contribution in [3.8, 4) is 5.69 Å². The molecule has 0 atom stereocenters. The zero-order valence-electron chi connectivity index (χ0n) is 17.3. The van der Waals surface area contributed by atoms with Gasteiger partial charge in [-0.15, -0.1) is 0 Å². The molecule has 1 aromatic heterocycles. The molecule has 0 saturated carbocycles. The third kappa shape index (κ3) is 5.06. The molecular weight excluding hydrogens is 523 g/mol. The van der Waals surface area contributed by atoms with E-state index in [1.807, 2.05) is 0 Å². The Labute approximate surface area is 211 Å². The van der Waals surface area contributed by atoms with E-state index in [2.05, 4.69) is 15.7 Å². The second-order valence-corrected chi connectivity index (χ2v) is 8.33. The van der Waals surface area contributed by atoms with Crippen LogP contribution in [-0.4, -0.2) is 19.6 Å². The fraction of sp³-hybridized carbons (Fsp3) is 0. The number of H-pyrrole nitrogens is 1. The van der Waals surface area contributed by atoms with Crippen molar-refractivity contribution in [1.29, 1.82) is 0 Å². The Morgan fingerprint density at radius 1 is 0.771 bits per heavy atom. The number of nitrogens with zero attached hydrogens (tertiary/aromatic N) is 3. The van der Waals surface area contributed by atoms with Crippen molar-refractivity contribution in [3.63, 3.8) is 0 Å². The molecule has 0 spiro atoms. The Hall–Kier alpha value is -4.06. The first-order chi connectivity index (χ1) is 16.6. The molecule has 11 nitrogen and oxygen atoms in total. The quantitative estimate of drug-likeness (QED) is 0.182. The van der Waals surface area contributed by atoms with Gasteiger partial charge in [-0.25, -0.2) is 4.68 Å². The normalized spacial score (nSPS) is 10.7. The van der Waals surface area contributed by atoms with Gasteiger partial charge in [-0.3, -0.25) is 30.1 Å². The minimum atomic E-state index is -0.584. The molecule has 1 heterocycles. The van der Waals surface area contributed by atoms with E-state index in [0.717, 1.165) is 4.68 Å². The van der Waals surface area contributed by atoms with Gasteiger partial charge >= 0.3 is 0 Å². The molecule has 0 aliphatic heterocycles. The molecule has 3 N–H and O–H groups in total. The number of halogens is 3. The summed E-state index contributed by atoms with van der Waals surface area (Å²) in [5, 5.41) is 31.2. The molecule has 14 heteroatoms. The van der Waals surface area contributed by atoms with E-state index in [-0.39, 0.29) is 43.6 Å². The van der Waals surface area contributed by atoms with E-state index in [1.54, 1.807) is 0 Å². The van der Waals surface area contributed by atoms with E-state index in [9.17, 15) is 25.0 Å². The van der Waals surface area contributed by atoms with Crippen LogP contribution in [-0.2, 0) is 0 Å². The first kappa shape index (κ1) is 24.1. The van der Waals surface area contributed by atoms with Crippen LogP contribution >= 0.6 is 34.8 Å². The molecule has 0 radical (unpaired) electrons. The number of hydrogen-bond acceptors (Lipinski definition) is 7. The van der Waals surface area contributed by atoms with Gasteiger partial charge in [-0.2, -0.15) is 0 Å². The fourth-order valence-corrected chi connectivity index (χ4v) is 4.16. The summed E-state index contributed by atoms with van der Waals surface area (Å²) in [5.41, 5.74) is 0.184. The molecule has 0 amide bonds. The maximum absolute atomic E-state index is 13.4. The SMILES string of the molecule is O=c1c(Nc2ccc([N+](=O)[O-])cc2)c(Nc2ccc([N+](=O)[O-])cc2)[nH]n1-c1c(Cl)cc(Cl)cc1Cl. The maximum atomic E-state index is 13.4. The fourth-order valence-electron chi connectivity index (χ4n) is 3.17. The van der Waals surface area contributed by atoms with Crippen LogP contribution in [0, 0.1) is 20.2 Å². The summed E-state index contributed by atoms with van der Waals surface area (Å²) in [6.07, 6.45) is 0. The number of rotatable bonds is 7. The van der Waals surface area contributed by atoms with E-state index in [4.69, 9.17) is 34.8 Å². The van der Waals surface area contributed by atoms with Gasteiger partial charge in [0, 0.05) is 40.7 Å². The zero-order valence-corrected chi connectivity index (χ0v) is 19.6. The highest BCUT2D eigenvalue weighted by Crippen LogP contribution is 2.33. The monoisotopic (exact) mass is 534 g/mol. The summed E-state index contributed by atoms with van der Waals surface area (Å²) >= 11 is 18.6. The average molecular weight is 536 g/mol. The first-order valence-corrected chi connectivity index (χ1v) is 10.8. The van der Waals surface area contributed by atoms with Crippen LogP contribution in [0.3, 0.4) is 0 Å². The van der Waals surface area contributed by atoms with E-state index >= 15 is 0 Å². The van der Waals surface area contributed by atoms with Crippen LogP contribution in [0.15, 0.2) is 65.5 Å². The lowest BCUT2D eigenvalue weighted by Crippen LogP contribution is -2.17.